The molecule has 0 fully saturated rings. The molecule has 1 amide bonds. The Morgan fingerprint density at radius 2 is 2.00 bits per heavy atom. The van der Waals surface area contributed by atoms with Gasteiger partial charge in [-0.2, -0.15) is 0 Å². The molecule has 0 atom stereocenters. The number of rotatable bonds is 2. The van der Waals surface area contributed by atoms with Crippen LogP contribution in [-0.4, -0.2) is 10.9 Å². The quantitative estimate of drug-likeness (QED) is 0.801. The summed E-state index contributed by atoms with van der Waals surface area (Å²) >= 11 is 0. The van der Waals surface area contributed by atoms with Crippen LogP contribution in [0.3, 0.4) is 0 Å². The molecular formula is C12H9F2N3O. The summed E-state index contributed by atoms with van der Waals surface area (Å²) in [5.74, 6) is -1.80. The van der Waals surface area contributed by atoms with Crippen LogP contribution in [0.5, 0.6) is 0 Å². The van der Waals surface area contributed by atoms with Crippen LogP contribution < -0.4 is 11.1 Å². The molecule has 4 nitrogen and oxygen atoms in total. The number of pyridine rings is 1. The summed E-state index contributed by atoms with van der Waals surface area (Å²) in [4.78, 5) is 15.3. The first-order valence-electron chi connectivity index (χ1n) is 5.04. The lowest BCUT2D eigenvalue weighted by molar-refractivity contribution is 0.102. The Hall–Kier alpha value is -2.50. The maximum absolute atomic E-state index is 13.4. The summed E-state index contributed by atoms with van der Waals surface area (Å²) in [7, 11) is 0. The number of nitrogens with two attached hydrogens (primary N) is 1. The molecule has 0 aliphatic rings. The van der Waals surface area contributed by atoms with E-state index in [2.05, 4.69) is 10.3 Å². The van der Waals surface area contributed by atoms with Gasteiger partial charge in [0.25, 0.3) is 5.91 Å². The van der Waals surface area contributed by atoms with Crippen molar-refractivity contribution in [2.75, 3.05) is 11.1 Å². The number of carbonyl (C=O) groups excluding carboxylic acids is 1. The third-order valence-electron chi connectivity index (χ3n) is 2.20. The maximum atomic E-state index is 13.4. The van der Waals surface area contributed by atoms with Gasteiger partial charge in [-0.25, -0.2) is 13.8 Å². The van der Waals surface area contributed by atoms with E-state index in [4.69, 9.17) is 5.73 Å². The number of amides is 1. The van der Waals surface area contributed by atoms with Crippen LogP contribution in [0.4, 0.5) is 20.2 Å². The number of hydrogen-bond acceptors (Lipinski definition) is 3. The van der Waals surface area contributed by atoms with Gasteiger partial charge in [-0.05, 0) is 30.3 Å². The highest BCUT2D eigenvalue weighted by atomic mass is 19.1. The molecule has 0 aliphatic carbocycles. The van der Waals surface area contributed by atoms with Gasteiger partial charge >= 0.3 is 0 Å². The van der Waals surface area contributed by atoms with E-state index in [1.165, 1.54) is 18.2 Å². The summed E-state index contributed by atoms with van der Waals surface area (Å²) < 4.78 is 26.0. The molecule has 3 N–H and O–H groups in total. The van der Waals surface area contributed by atoms with Crippen LogP contribution in [0, 0.1) is 11.6 Å². The smallest absolute Gasteiger partial charge is 0.274 e. The molecule has 1 aromatic carbocycles. The zero-order chi connectivity index (χ0) is 13.1. The van der Waals surface area contributed by atoms with Crippen molar-refractivity contribution >= 4 is 17.3 Å². The van der Waals surface area contributed by atoms with Gasteiger partial charge in [0.2, 0.25) is 0 Å². The van der Waals surface area contributed by atoms with Gasteiger partial charge in [0.05, 0.1) is 11.9 Å². The van der Waals surface area contributed by atoms with Gasteiger partial charge in [0.15, 0.2) is 0 Å². The number of nitrogens with zero attached hydrogens (tertiary/aromatic N) is 1. The summed E-state index contributed by atoms with van der Waals surface area (Å²) in [6.07, 6.45) is 0.907. The Morgan fingerprint density at radius 1 is 1.22 bits per heavy atom. The predicted octanol–water partition coefficient (Wildman–Crippen LogP) is 2.19. The normalized spacial score (nSPS) is 10.1. The fourth-order valence-electron chi connectivity index (χ4n) is 1.34. The molecular weight excluding hydrogens is 240 g/mol. The van der Waals surface area contributed by atoms with Crippen molar-refractivity contribution in [2.45, 2.75) is 0 Å². The van der Waals surface area contributed by atoms with E-state index in [0.29, 0.717) is 5.69 Å². The molecule has 0 radical (unpaired) electrons. The number of hydrogen-bond donors (Lipinski definition) is 2. The summed E-state index contributed by atoms with van der Waals surface area (Å²) in [6, 6.07) is 6.10. The second-order valence-corrected chi connectivity index (χ2v) is 3.56. The van der Waals surface area contributed by atoms with Crippen molar-refractivity contribution in [3.8, 4) is 0 Å². The molecule has 1 aromatic heterocycles. The average molecular weight is 249 g/mol. The van der Waals surface area contributed by atoms with E-state index in [9.17, 15) is 13.6 Å². The van der Waals surface area contributed by atoms with E-state index < -0.39 is 17.5 Å². The van der Waals surface area contributed by atoms with Gasteiger partial charge in [-0.15, -0.1) is 0 Å². The molecule has 18 heavy (non-hydrogen) atoms. The lowest BCUT2D eigenvalue weighted by atomic mass is 10.2. The highest BCUT2D eigenvalue weighted by Crippen LogP contribution is 2.18. The zero-order valence-electron chi connectivity index (χ0n) is 9.15. The number of nitrogen functional groups attached to an aromatic ring is 1. The Labute approximate surface area is 101 Å². The SMILES string of the molecule is Nc1ccc(F)c(NC(=O)c2ccc(F)cn2)c1. The van der Waals surface area contributed by atoms with E-state index in [1.807, 2.05) is 0 Å². The standard InChI is InChI=1S/C12H9F2N3O/c13-7-1-4-10(16-6-7)12(18)17-11-5-8(15)2-3-9(11)14/h1-6H,15H2,(H,17,18). The van der Waals surface area contributed by atoms with Crippen molar-refractivity contribution in [1.29, 1.82) is 0 Å². The molecule has 0 spiro atoms. The number of benzene rings is 1. The van der Waals surface area contributed by atoms with E-state index >= 15 is 0 Å². The van der Waals surface area contributed by atoms with E-state index in [-0.39, 0.29) is 11.4 Å². The third kappa shape index (κ3) is 2.60. The van der Waals surface area contributed by atoms with Crippen molar-refractivity contribution in [2.24, 2.45) is 0 Å². The molecule has 0 saturated heterocycles. The molecule has 92 valence electrons. The molecule has 6 heteroatoms. The number of nitrogens with one attached hydrogen (secondary N) is 1. The Morgan fingerprint density at radius 3 is 2.67 bits per heavy atom. The number of aromatic nitrogens is 1. The second kappa shape index (κ2) is 4.79. The fourth-order valence-corrected chi connectivity index (χ4v) is 1.34. The molecule has 0 aliphatic heterocycles. The first-order valence-corrected chi connectivity index (χ1v) is 5.04. The van der Waals surface area contributed by atoms with Crippen molar-refractivity contribution in [3.63, 3.8) is 0 Å². The summed E-state index contributed by atoms with van der Waals surface area (Å²) in [5, 5.41) is 2.31. The highest BCUT2D eigenvalue weighted by Gasteiger charge is 2.10. The van der Waals surface area contributed by atoms with E-state index in [1.54, 1.807) is 0 Å². The van der Waals surface area contributed by atoms with Crippen LogP contribution in [0.2, 0.25) is 0 Å². The molecule has 1 heterocycles. The molecule has 0 saturated carbocycles. The number of anilines is 2. The summed E-state index contributed by atoms with van der Waals surface area (Å²) in [5.41, 5.74) is 5.73. The van der Waals surface area contributed by atoms with Crippen molar-refractivity contribution in [3.05, 3.63) is 53.9 Å². The van der Waals surface area contributed by atoms with Crippen molar-refractivity contribution < 1.29 is 13.6 Å². The first kappa shape index (κ1) is 12.0. The monoisotopic (exact) mass is 249 g/mol. The van der Waals surface area contributed by atoms with Gasteiger partial charge in [0, 0.05) is 5.69 Å². The first-order chi connectivity index (χ1) is 8.56. The van der Waals surface area contributed by atoms with Gasteiger partial charge < -0.3 is 11.1 Å². The van der Waals surface area contributed by atoms with Gasteiger partial charge in [0.1, 0.15) is 17.3 Å². The van der Waals surface area contributed by atoms with Crippen LogP contribution in [0.15, 0.2) is 36.5 Å². The predicted molar refractivity (Wildman–Crippen MR) is 63.0 cm³/mol. The second-order valence-electron chi connectivity index (χ2n) is 3.56. The average Bonchev–Trinajstić information content (AvgIpc) is 2.34. The maximum Gasteiger partial charge on any atom is 0.274 e. The fraction of sp³-hybridized carbons (Fsp3) is 0. The zero-order valence-corrected chi connectivity index (χ0v) is 9.15. The largest absolute Gasteiger partial charge is 0.399 e. The van der Waals surface area contributed by atoms with Crippen molar-refractivity contribution in [1.82, 2.24) is 4.98 Å². The van der Waals surface area contributed by atoms with Crippen LogP contribution in [0.25, 0.3) is 0 Å². The minimum absolute atomic E-state index is 0.0155. The third-order valence-corrected chi connectivity index (χ3v) is 2.20. The van der Waals surface area contributed by atoms with Gasteiger partial charge in [-0.1, -0.05) is 0 Å². The Balaban J connectivity index is 2.21. The minimum Gasteiger partial charge on any atom is -0.399 e. The van der Waals surface area contributed by atoms with Crippen LogP contribution >= 0.6 is 0 Å². The number of halogens is 2. The molecule has 0 bridgehead atoms. The van der Waals surface area contributed by atoms with Gasteiger partial charge in [-0.3, -0.25) is 4.79 Å². The van der Waals surface area contributed by atoms with E-state index in [0.717, 1.165) is 18.3 Å². The topological polar surface area (TPSA) is 68.0 Å². The summed E-state index contributed by atoms with van der Waals surface area (Å²) in [6.45, 7) is 0. The molecule has 0 unspecified atom stereocenters. The molecule has 2 rings (SSSR count). The van der Waals surface area contributed by atoms with Crippen LogP contribution in [0.1, 0.15) is 10.5 Å². The lowest BCUT2D eigenvalue weighted by Crippen LogP contribution is -2.14. The minimum atomic E-state index is -0.639. The Bertz CT molecular complexity index is 584. The molecule has 2 aromatic rings. The Kier molecular flexibility index (Phi) is 3.18. The highest BCUT2D eigenvalue weighted by molar-refractivity contribution is 6.03. The van der Waals surface area contributed by atoms with Crippen LogP contribution in [-0.2, 0) is 0 Å². The number of carbonyl (C=O) groups is 1. The lowest BCUT2D eigenvalue weighted by Gasteiger charge is -2.06.